The van der Waals surface area contributed by atoms with E-state index in [9.17, 15) is 22.8 Å². The van der Waals surface area contributed by atoms with Gasteiger partial charge in [-0.25, -0.2) is 8.42 Å². The van der Waals surface area contributed by atoms with Gasteiger partial charge < -0.3 is 19.8 Å². The summed E-state index contributed by atoms with van der Waals surface area (Å²) in [7, 11) is -1.97. The highest BCUT2D eigenvalue weighted by Gasteiger charge is 2.33. The van der Waals surface area contributed by atoms with Gasteiger partial charge in [-0.05, 0) is 55.9 Å². The van der Waals surface area contributed by atoms with Gasteiger partial charge in [-0.3, -0.25) is 14.4 Å². The third-order valence-electron chi connectivity index (χ3n) is 6.07. The molecule has 2 aromatic rings. The maximum absolute atomic E-state index is 13.2. The molecular formula is C25H35N3O7S. The van der Waals surface area contributed by atoms with Crippen LogP contribution in [0, 0.1) is 5.92 Å². The Morgan fingerprint density at radius 3 is 2.67 bits per heavy atom. The van der Waals surface area contributed by atoms with E-state index in [1.165, 1.54) is 4.31 Å². The number of sulfonamides is 1. The van der Waals surface area contributed by atoms with Crippen molar-refractivity contribution in [1.82, 2.24) is 14.9 Å². The topological polar surface area (TPSA) is 135 Å². The van der Waals surface area contributed by atoms with Crippen LogP contribution in [0.3, 0.4) is 0 Å². The van der Waals surface area contributed by atoms with Gasteiger partial charge in [-0.2, -0.15) is 4.31 Å². The lowest BCUT2D eigenvalue weighted by molar-refractivity contribution is -0.129. The molecule has 2 N–H and O–H groups in total. The summed E-state index contributed by atoms with van der Waals surface area (Å²) in [5.74, 6) is -0.646. The minimum atomic E-state index is -3.51. The van der Waals surface area contributed by atoms with E-state index >= 15 is 0 Å². The number of rotatable bonds is 10. The summed E-state index contributed by atoms with van der Waals surface area (Å²) in [5, 5.41) is 6.17. The quantitative estimate of drug-likeness (QED) is 0.490. The number of nitrogens with zero attached hydrogens (tertiary/aromatic N) is 1. The number of ether oxygens (including phenoxy) is 1. The number of carbonyl (C=O) groups is 3. The SMILES string of the molecule is CCCS(=O)(=O)N1CCC[C@H](NC(=O)C(CC(C)C)NC(=O)c2cc3cc(OC)ccc3o2)C(=O)C1. The fraction of sp³-hybridized carbons (Fsp3) is 0.560. The van der Waals surface area contributed by atoms with Crippen molar-refractivity contribution in [1.29, 1.82) is 0 Å². The molecule has 1 fully saturated rings. The predicted octanol–water partition coefficient (Wildman–Crippen LogP) is 2.48. The number of ketones is 1. The van der Waals surface area contributed by atoms with Crippen molar-refractivity contribution in [2.75, 3.05) is 26.0 Å². The molecule has 3 rings (SSSR count). The first-order valence-electron chi connectivity index (χ1n) is 12.2. The summed E-state index contributed by atoms with van der Waals surface area (Å²) in [6.45, 7) is 5.59. The van der Waals surface area contributed by atoms with Gasteiger partial charge in [0, 0.05) is 11.9 Å². The number of methoxy groups -OCH3 is 1. The largest absolute Gasteiger partial charge is 0.497 e. The van der Waals surface area contributed by atoms with Crippen LogP contribution < -0.4 is 15.4 Å². The maximum Gasteiger partial charge on any atom is 0.287 e. The van der Waals surface area contributed by atoms with Crippen LogP contribution >= 0.6 is 0 Å². The van der Waals surface area contributed by atoms with E-state index in [0.717, 1.165) is 0 Å². The van der Waals surface area contributed by atoms with E-state index in [0.29, 0.717) is 42.4 Å². The van der Waals surface area contributed by atoms with Gasteiger partial charge >= 0.3 is 0 Å². The molecule has 1 aromatic carbocycles. The smallest absolute Gasteiger partial charge is 0.287 e. The van der Waals surface area contributed by atoms with E-state index in [1.54, 1.807) is 38.3 Å². The Kier molecular flexibility index (Phi) is 9.13. The van der Waals surface area contributed by atoms with Crippen LogP contribution in [0.25, 0.3) is 11.0 Å². The molecule has 1 aliphatic heterocycles. The number of carbonyl (C=O) groups excluding carboxylic acids is 3. The van der Waals surface area contributed by atoms with Gasteiger partial charge in [0.2, 0.25) is 15.9 Å². The zero-order valence-corrected chi connectivity index (χ0v) is 22.0. The van der Waals surface area contributed by atoms with E-state index < -0.39 is 33.9 Å². The minimum Gasteiger partial charge on any atom is -0.497 e. The third-order valence-corrected chi connectivity index (χ3v) is 8.09. The van der Waals surface area contributed by atoms with E-state index in [2.05, 4.69) is 10.6 Å². The average molecular weight is 522 g/mol. The number of nitrogens with one attached hydrogen (secondary N) is 2. The second-order valence-electron chi connectivity index (χ2n) is 9.49. The molecule has 2 heterocycles. The summed E-state index contributed by atoms with van der Waals surface area (Å²) in [6, 6.07) is 5.04. The normalized spacial score (nSPS) is 18.1. The summed E-state index contributed by atoms with van der Waals surface area (Å²) >= 11 is 0. The molecule has 1 aliphatic rings. The number of hydrogen-bond acceptors (Lipinski definition) is 7. The van der Waals surface area contributed by atoms with Gasteiger partial charge in [0.1, 0.15) is 17.4 Å². The number of furan rings is 1. The highest BCUT2D eigenvalue weighted by atomic mass is 32.2. The molecule has 0 spiro atoms. The standard InChI is InChI=1S/C25H35N3O7S/c1-5-11-36(32,33)28-10-6-7-19(21(29)15-28)26-24(30)20(12-16(2)3)27-25(31)23-14-17-13-18(34-4)8-9-22(17)35-23/h8-9,13-14,16,19-20H,5-7,10-12,15H2,1-4H3,(H,26,30)(H,27,31)/t19-,20?/m0/s1. The van der Waals surface area contributed by atoms with Crippen molar-refractivity contribution in [2.24, 2.45) is 5.92 Å². The molecule has 10 nitrogen and oxygen atoms in total. The van der Waals surface area contributed by atoms with Crippen LogP contribution in [-0.4, -0.2) is 68.4 Å². The predicted molar refractivity (Wildman–Crippen MR) is 135 cm³/mol. The summed E-state index contributed by atoms with van der Waals surface area (Å²) in [4.78, 5) is 38.9. The maximum atomic E-state index is 13.2. The number of hydrogen-bond donors (Lipinski definition) is 2. The Labute approximate surface area is 211 Å². The first-order chi connectivity index (χ1) is 17.0. The molecule has 11 heteroatoms. The molecule has 0 bridgehead atoms. The van der Waals surface area contributed by atoms with Crippen LogP contribution in [0.4, 0.5) is 0 Å². The van der Waals surface area contributed by atoms with Crippen molar-refractivity contribution < 1.29 is 32.0 Å². The van der Waals surface area contributed by atoms with Gasteiger partial charge in [0.15, 0.2) is 11.5 Å². The molecule has 1 saturated heterocycles. The lowest BCUT2D eigenvalue weighted by Crippen LogP contribution is -2.52. The Hall–Kier alpha value is -2.92. The van der Waals surface area contributed by atoms with E-state index in [-0.39, 0.29) is 36.3 Å². The van der Waals surface area contributed by atoms with Crippen molar-refractivity contribution in [2.45, 2.75) is 58.5 Å². The van der Waals surface area contributed by atoms with Gasteiger partial charge in [-0.15, -0.1) is 0 Å². The Bertz CT molecular complexity index is 1210. The molecule has 0 aliphatic carbocycles. The molecule has 0 radical (unpaired) electrons. The molecule has 1 aromatic heterocycles. The number of Topliss-reactive ketones (excluding diaryl/α,β-unsaturated/α-hetero) is 1. The van der Waals surface area contributed by atoms with Gasteiger partial charge in [0.25, 0.3) is 5.91 Å². The first kappa shape index (κ1) is 27.7. The molecule has 1 unspecified atom stereocenters. The van der Waals surface area contributed by atoms with E-state index in [1.807, 2.05) is 13.8 Å². The highest BCUT2D eigenvalue weighted by Crippen LogP contribution is 2.24. The number of amides is 2. The van der Waals surface area contributed by atoms with Crippen LogP contribution in [0.2, 0.25) is 0 Å². The molecule has 198 valence electrons. The van der Waals surface area contributed by atoms with E-state index in [4.69, 9.17) is 9.15 Å². The summed E-state index contributed by atoms with van der Waals surface area (Å²) < 4.78 is 36.9. The average Bonchev–Trinajstić information content (AvgIpc) is 3.16. The summed E-state index contributed by atoms with van der Waals surface area (Å²) in [5.41, 5.74) is 0.512. The van der Waals surface area contributed by atoms with Crippen molar-refractivity contribution in [3.8, 4) is 5.75 Å². The molecule has 2 amide bonds. The Morgan fingerprint density at radius 2 is 2.00 bits per heavy atom. The third kappa shape index (κ3) is 6.85. The zero-order valence-electron chi connectivity index (χ0n) is 21.2. The van der Waals surface area contributed by atoms with Crippen LogP contribution in [0.1, 0.15) is 57.0 Å². The highest BCUT2D eigenvalue weighted by molar-refractivity contribution is 7.89. The van der Waals surface area contributed by atoms with Crippen LogP contribution in [0.5, 0.6) is 5.75 Å². The molecule has 36 heavy (non-hydrogen) atoms. The fourth-order valence-corrected chi connectivity index (χ4v) is 5.74. The minimum absolute atomic E-state index is 0.0195. The van der Waals surface area contributed by atoms with Crippen molar-refractivity contribution >= 4 is 38.6 Å². The lowest BCUT2D eigenvalue weighted by Gasteiger charge is -2.23. The van der Waals surface area contributed by atoms with Gasteiger partial charge in [0.05, 0.1) is 25.4 Å². The van der Waals surface area contributed by atoms with Crippen molar-refractivity contribution in [3.63, 3.8) is 0 Å². The Morgan fingerprint density at radius 1 is 1.25 bits per heavy atom. The second-order valence-corrected chi connectivity index (χ2v) is 11.6. The lowest BCUT2D eigenvalue weighted by atomic mass is 10.0. The second kappa shape index (κ2) is 11.9. The number of benzene rings is 1. The number of fused-ring (bicyclic) bond motifs is 1. The van der Waals surface area contributed by atoms with Crippen LogP contribution in [-0.2, 0) is 19.6 Å². The van der Waals surface area contributed by atoms with Crippen molar-refractivity contribution in [3.05, 3.63) is 30.0 Å². The molecule has 2 atom stereocenters. The first-order valence-corrected chi connectivity index (χ1v) is 13.8. The zero-order chi connectivity index (χ0) is 26.5. The fourth-order valence-electron chi connectivity index (χ4n) is 4.24. The molecule has 0 saturated carbocycles. The van der Waals surface area contributed by atoms with Crippen LogP contribution in [0.15, 0.2) is 28.7 Å². The van der Waals surface area contributed by atoms with Gasteiger partial charge in [-0.1, -0.05) is 20.8 Å². The molecular weight excluding hydrogens is 486 g/mol. The Balaban J connectivity index is 1.70. The summed E-state index contributed by atoms with van der Waals surface area (Å²) in [6.07, 6.45) is 1.59. The monoisotopic (exact) mass is 521 g/mol.